The summed E-state index contributed by atoms with van der Waals surface area (Å²) >= 11 is 1.73. The van der Waals surface area contributed by atoms with Gasteiger partial charge >= 0.3 is 0 Å². The second-order valence-electron chi connectivity index (χ2n) is 6.58. The number of thiophene rings is 1. The van der Waals surface area contributed by atoms with Gasteiger partial charge in [-0.05, 0) is 24.3 Å². The van der Waals surface area contributed by atoms with Gasteiger partial charge in [0.15, 0.2) is 0 Å². The summed E-state index contributed by atoms with van der Waals surface area (Å²) < 4.78 is 2.20. The van der Waals surface area contributed by atoms with Gasteiger partial charge in [0.2, 0.25) is 5.91 Å². The molecule has 0 N–H and O–H groups in total. The van der Waals surface area contributed by atoms with Crippen molar-refractivity contribution in [2.24, 2.45) is 0 Å². The van der Waals surface area contributed by atoms with Crippen molar-refractivity contribution >= 4 is 17.2 Å². The Hall–Kier alpha value is -1.73. The highest BCUT2D eigenvalue weighted by atomic mass is 32.1. The summed E-state index contributed by atoms with van der Waals surface area (Å²) in [6.45, 7) is 5.83. The Bertz CT molecular complexity index is 707. The number of hydrogen-bond acceptors (Lipinski definition) is 5. The van der Waals surface area contributed by atoms with Crippen LogP contribution in [0.15, 0.2) is 17.5 Å². The average Bonchev–Trinajstić information content (AvgIpc) is 3.14. The van der Waals surface area contributed by atoms with E-state index < -0.39 is 0 Å². The molecule has 0 unspecified atom stereocenters. The zero-order valence-electron chi connectivity index (χ0n) is 14.0. The predicted molar refractivity (Wildman–Crippen MR) is 92.6 cm³/mol. The third-order valence-corrected chi connectivity index (χ3v) is 5.66. The first-order valence-corrected chi connectivity index (χ1v) is 9.57. The Balaban J connectivity index is 1.40. The fourth-order valence-electron chi connectivity index (χ4n) is 3.32. The molecule has 1 saturated carbocycles. The second-order valence-corrected chi connectivity index (χ2v) is 7.61. The van der Waals surface area contributed by atoms with Crippen molar-refractivity contribution in [1.29, 1.82) is 0 Å². The van der Waals surface area contributed by atoms with Gasteiger partial charge in [0.05, 0.1) is 19.6 Å². The van der Waals surface area contributed by atoms with E-state index in [-0.39, 0.29) is 5.91 Å². The molecule has 1 fully saturated rings. The van der Waals surface area contributed by atoms with E-state index in [9.17, 15) is 4.79 Å². The first kappa shape index (κ1) is 15.8. The molecular formula is C17H23N5OS. The molecule has 0 bridgehead atoms. The third kappa shape index (κ3) is 3.23. The van der Waals surface area contributed by atoms with Crippen LogP contribution in [0, 0.1) is 0 Å². The molecule has 24 heavy (non-hydrogen) atoms. The molecule has 6 nitrogen and oxygen atoms in total. The van der Waals surface area contributed by atoms with Crippen molar-refractivity contribution < 1.29 is 4.79 Å². The SMILES string of the molecule is CCc1nnc2n1CCN(CC(=O)N(Cc1cccs1)C1CC1)C2. The van der Waals surface area contributed by atoms with Gasteiger partial charge in [0, 0.05) is 30.4 Å². The van der Waals surface area contributed by atoms with E-state index in [1.807, 2.05) is 0 Å². The van der Waals surface area contributed by atoms with E-state index in [1.165, 1.54) is 4.88 Å². The highest BCUT2D eigenvalue weighted by Gasteiger charge is 2.34. The van der Waals surface area contributed by atoms with Crippen LogP contribution in [0.5, 0.6) is 0 Å². The standard InChI is InChI=1S/C17H23N5OS/c1-2-15-18-19-16-11-20(7-8-21(15)16)12-17(23)22(13-5-6-13)10-14-4-3-9-24-14/h3-4,9,13H,2,5-8,10-12H2,1H3. The molecule has 2 aromatic heterocycles. The van der Waals surface area contributed by atoms with Crippen LogP contribution in [0.25, 0.3) is 0 Å². The van der Waals surface area contributed by atoms with E-state index >= 15 is 0 Å². The minimum atomic E-state index is 0.245. The summed E-state index contributed by atoms with van der Waals surface area (Å²) in [6, 6.07) is 4.61. The van der Waals surface area contributed by atoms with Crippen LogP contribution >= 0.6 is 11.3 Å². The molecule has 0 aromatic carbocycles. The summed E-state index contributed by atoms with van der Waals surface area (Å²) in [7, 11) is 0. The van der Waals surface area contributed by atoms with Crippen LogP contribution in [0.3, 0.4) is 0 Å². The number of aromatic nitrogens is 3. The van der Waals surface area contributed by atoms with Crippen molar-refractivity contribution in [2.75, 3.05) is 13.1 Å². The number of aryl methyl sites for hydroxylation is 1. The highest BCUT2D eigenvalue weighted by molar-refractivity contribution is 7.09. The van der Waals surface area contributed by atoms with E-state index in [2.05, 4.69) is 49.0 Å². The van der Waals surface area contributed by atoms with Gasteiger partial charge in [-0.25, -0.2) is 0 Å². The fourth-order valence-corrected chi connectivity index (χ4v) is 4.03. The van der Waals surface area contributed by atoms with Crippen LogP contribution in [0.2, 0.25) is 0 Å². The van der Waals surface area contributed by atoms with E-state index in [0.717, 1.165) is 57.1 Å². The van der Waals surface area contributed by atoms with Crippen LogP contribution in [0.4, 0.5) is 0 Å². The molecule has 0 spiro atoms. The second kappa shape index (κ2) is 6.64. The Morgan fingerprint density at radius 1 is 1.38 bits per heavy atom. The topological polar surface area (TPSA) is 54.3 Å². The molecule has 3 heterocycles. The zero-order chi connectivity index (χ0) is 16.5. The monoisotopic (exact) mass is 345 g/mol. The molecular weight excluding hydrogens is 322 g/mol. The molecule has 0 atom stereocenters. The summed E-state index contributed by atoms with van der Waals surface area (Å²) in [4.78, 5) is 18.4. The maximum absolute atomic E-state index is 12.8. The number of hydrogen-bond donors (Lipinski definition) is 0. The first-order chi connectivity index (χ1) is 11.7. The van der Waals surface area contributed by atoms with Crippen LogP contribution < -0.4 is 0 Å². The van der Waals surface area contributed by atoms with Crippen LogP contribution in [-0.2, 0) is 30.8 Å². The van der Waals surface area contributed by atoms with Crippen molar-refractivity contribution in [3.63, 3.8) is 0 Å². The molecule has 2 aromatic rings. The van der Waals surface area contributed by atoms with Crippen molar-refractivity contribution in [3.8, 4) is 0 Å². The lowest BCUT2D eigenvalue weighted by Gasteiger charge is -2.30. The number of rotatable bonds is 6. The number of nitrogens with zero attached hydrogens (tertiary/aromatic N) is 5. The minimum Gasteiger partial charge on any atom is -0.333 e. The Kier molecular flexibility index (Phi) is 4.37. The van der Waals surface area contributed by atoms with Crippen molar-refractivity contribution in [3.05, 3.63) is 34.0 Å². The van der Waals surface area contributed by atoms with Gasteiger partial charge in [-0.3, -0.25) is 9.69 Å². The maximum atomic E-state index is 12.8. The lowest BCUT2D eigenvalue weighted by Crippen LogP contribution is -2.44. The Labute approximate surface area is 146 Å². The number of carbonyl (C=O) groups excluding carboxylic acids is 1. The van der Waals surface area contributed by atoms with Crippen molar-refractivity contribution in [1.82, 2.24) is 24.6 Å². The van der Waals surface area contributed by atoms with E-state index in [1.54, 1.807) is 11.3 Å². The number of fused-ring (bicyclic) bond motifs is 1. The molecule has 1 amide bonds. The molecule has 1 aliphatic carbocycles. The van der Waals surface area contributed by atoms with Gasteiger partial charge in [-0.2, -0.15) is 0 Å². The fraction of sp³-hybridized carbons (Fsp3) is 0.588. The summed E-state index contributed by atoms with van der Waals surface area (Å²) in [5.74, 6) is 2.28. The lowest BCUT2D eigenvalue weighted by atomic mass is 10.3. The van der Waals surface area contributed by atoms with E-state index in [0.29, 0.717) is 12.6 Å². The maximum Gasteiger partial charge on any atom is 0.237 e. The lowest BCUT2D eigenvalue weighted by molar-refractivity contribution is -0.134. The quantitative estimate of drug-likeness (QED) is 0.802. The molecule has 2 aliphatic rings. The number of carbonyl (C=O) groups is 1. The molecule has 0 saturated heterocycles. The van der Waals surface area contributed by atoms with E-state index in [4.69, 9.17) is 0 Å². The molecule has 128 valence electrons. The summed E-state index contributed by atoms with van der Waals surface area (Å²) in [5, 5.41) is 10.6. The Morgan fingerprint density at radius 3 is 2.96 bits per heavy atom. The molecule has 4 rings (SSSR count). The first-order valence-electron chi connectivity index (χ1n) is 8.69. The molecule has 1 aliphatic heterocycles. The predicted octanol–water partition coefficient (Wildman–Crippen LogP) is 1.91. The third-order valence-electron chi connectivity index (χ3n) is 4.80. The zero-order valence-corrected chi connectivity index (χ0v) is 14.8. The normalized spacial score (nSPS) is 17.7. The van der Waals surface area contributed by atoms with Gasteiger partial charge in [0.25, 0.3) is 0 Å². The van der Waals surface area contributed by atoms with Crippen molar-refractivity contribution in [2.45, 2.75) is 51.9 Å². The Morgan fingerprint density at radius 2 is 2.25 bits per heavy atom. The summed E-state index contributed by atoms with van der Waals surface area (Å²) in [6.07, 6.45) is 3.19. The van der Waals surface area contributed by atoms with Gasteiger partial charge < -0.3 is 9.47 Å². The minimum absolute atomic E-state index is 0.245. The van der Waals surface area contributed by atoms with Gasteiger partial charge in [-0.1, -0.05) is 13.0 Å². The smallest absolute Gasteiger partial charge is 0.237 e. The summed E-state index contributed by atoms with van der Waals surface area (Å²) in [5.41, 5.74) is 0. The molecule has 7 heteroatoms. The average molecular weight is 345 g/mol. The van der Waals surface area contributed by atoms with Crippen LogP contribution in [0.1, 0.15) is 36.3 Å². The number of amides is 1. The van der Waals surface area contributed by atoms with Gasteiger partial charge in [0.1, 0.15) is 11.6 Å². The molecule has 0 radical (unpaired) electrons. The largest absolute Gasteiger partial charge is 0.333 e. The highest BCUT2D eigenvalue weighted by Crippen LogP contribution is 2.29. The van der Waals surface area contributed by atoms with Gasteiger partial charge in [-0.15, -0.1) is 21.5 Å². The van der Waals surface area contributed by atoms with Crippen LogP contribution in [-0.4, -0.2) is 49.6 Å².